The van der Waals surface area contributed by atoms with E-state index in [0.29, 0.717) is 27.3 Å². The number of benzene rings is 2. The number of ether oxygens (including phenoxy) is 1. The summed E-state index contributed by atoms with van der Waals surface area (Å²) in [5.74, 6) is 0.622. The second-order valence-electron chi connectivity index (χ2n) is 5.56. The van der Waals surface area contributed by atoms with Crippen molar-refractivity contribution in [3.05, 3.63) is 62.0 Å². The van der Waals surface area contributed by atoms with Crippen LogP contribution in [0.15, 0.2) is 46.0 Å². The molecular formula is C18H17BrCl2N2O2. The van der Waals surface area contributed by atoms with E-state index >= 15 is 0 Å². The third-order valence-electron chi connectivity index (χ3n) is 3.36. The van der Waals surface area contributed by atoms with Crippen molar-refractivity contribution in [2.24, 2.45) is 5.10 Å². The Morgan fingerprint density at radius 1 is 1.28 bits per heavy atom. The Labute approximate surface area is 165 Å². The lowest BCUT2D eigenvalue weighted by Gasteiger charge is -2.10. The smallest absolute Gasteiger partial charge is 0.277 e. The van der Waals surface area contributed by atoms with E-state index < -0.39 is 0 Å². The summed E-state index contributed by atoms with van der Waals surface area (Å²) in [7, 11) is 0. The predicted octanol–water partition coefficient (Wildman–Crippen LogP) is 5.41. The number of carbonyl (C=O) groups is 1. The topological polar surface area (TPSA) is 50.7 Å². The van der Waals surface area contributed by atoms with Gasteiger partial charge in [0.15, 0.2) is 6.61 Å². The summed E-state index contributed by atoms with van der Waals surface area (Å²) in [5, 5.41) is 4.76. The summed E-state index contributed by atoms with van der Waals surface area (Å²) in [6.07, 6.45) is 1.40. The largest absolute Gasteiger partial charge is 0.483 e. The van der Waals surface area contributed by atoms with Crippen molar-refractivity contribution in [3.8, 4) is 5.75 Å². The van der Waals surface area contributed by atoms with Crippen LogP contribution in [0.1, 0.15) is 30.9 Å². The number of nitrogens with zero attached hydrogens (tertiary/aromatic N) is 1. The number of rotatable bonds is 6. The van der Waals surface area contributed by atoms with Gasteiger partial charge in [0.05, 0.1) is 20.7 Å². The highest BCUT2D eigenvalue weighted by Crippen LogP contribution is 2.28. The molecule has 2 rings (SSSR count). The molecule has 1 amide bonds. The number of hydrazone groups is 1. The van der Waals surface area contributed by atoms with Crippen molar-refractivity contribution in [2.45, 2.75) is 19.8 Å². The van der Waals surface area contributed by atoms with Gasteiger partial charge in [-0.2, -0.15) is 5.10 Å². The minimum atomic E-state index is -0.390. The molecule has 4 nitrogen and oxygen atoms in total. The van der Waals surface area contributed by atoms with Crippen LogP contribution in [0.25, 0.3) is 0 Å². The quantitative estimate of drug-likeness (QED) is 0.479. The van der Waals surface area contributed by atoms with Gasteiger partial charge >= 0.3 is 0 Å². The van der Waals surface area contributed by atoms with Gasteiger partial charge in [-0.25, -0.2) is 5.43 Å². The number of hydrogen-bond acceptors (Lipinski definition) is 3. The molecule has 0 aliphatic carbocycles. The molecule has 2 aromatic rings. The first kappa shape index (κ1) is 19.8. The van der Waals surface area contributed by atoms with Gasteiger partial charge in [-0.15, -0.1) is 0 Å². The van der Waals surface area contributed by atoms with Crippen LogP contribution in [0.2, 0.25) is 10.0 Å². The highest BCUT2D eigenvalue weighted by Gasteiger charge is 2.08. The number of amides is 1. The van der Waals surface area contributed by atoms with E-state index in [0.717, 1.165) is 4.47 Å². The maximum atomic E-state index is 11.8. The van der Waals surface area contributed by atoms with E-state index in [4.69, 9.17) is 27.9 Å². The molecule has 0 aromatic heterocycles. The van der Waals surface area contributed by atoms with E-state index in [-0.39, 0.29) is 12.5 Å². The Balaban J connectivity index is 1.90. The summed E-state index contributed by atoms with van der Waals surface area (Å²) in [6.45, 7) is 4.06. The molecule has 1 N–H and O–H groups in total. The maximum absolute atomic E-state index is 11.8. The van der Waals surface area contributed by atoms with Crippen molar-refractivity contribution in [1.29, 1.82) is 0 Å². The summed E-state index contributed by atoms with van der Waals surface area (Å²) >= 11 is 15.5. The highest BCUT2D eigenvalue weighted by molar-refractivity contribution is 9.10. The Hall–Kier alpha value is -1.56. The summed E-state index contributed by atoms with van der Waals surface area (Å²) in [6, 6.07) is 10.9. The first-order chi connectivity index (χ1) is 11.9. The zero-order chi connectivity index (χ0) is 18.4. The van der Waals surface area contributed by atoms with Gasteiger partial charge in [0.2, 0.25) is 0 Å². The Morgan fingerprint density at radius 2 is 1.96 bits per heavy atom. The van der Waals surface area contributed by atoms with Crippen molar-refractivity contribution in [3.63, 3.8) is 0 Å². The molecular weight excluding hydrogens is 427 g/mol. The number of hydrogen-bond donors (Lipinski definition) is 1. The molecule has 25 heavy (non-hydrogen) atoms. The molecule has 0 saturated carbocycles. The SMILES string of the molecule is CC(C)c1ccc(OCC(=O)N/N=C/c2c(Cl)cccc2Cl)c(Br)c1. The fourth-order valence-corrected chi connectivity index (χ4v) is 2.98. The zero-order valence-corrected chi connectivity index (χ0v) is 16.8. The van der Waals surface area contributed by atoms with Crippen molar-refractivity contribution < 1.29 is 9.53 Å². The third-order valence-corrected chi connectivity index (χ3v) is 4.64. The summed E-state index contributed by atoms with van der Waals surface area (Å²) in [5.41, 5.74) is 4.10. The Morgan fingerprint density at radius 3 is 2.56 bits per heavy atom. The van der Waals surface area contributed by atoms with E-state index in [1.807, 2.05) is 18.2 Å². The van der Waals surface area contributed by atoms with E-state index in [1.54, 1.807) is 18.2 Å². The fraction of sp³-hybridized carbons (Fsp3) is 0.222. The number of carbonyl (C=O) groups excluding carboxylic acids is 1. The third kappa shape index (κ3) is 5.73. The molecule has 0 heterocycles. The first-order valence-corrected chi connectivity index (χ1v) is 9.11. The molecule has 2 aromatic carbocycles. The molecule has 132 valence electrons. The molecule has 0 aliphatic rings. The minimum Gasteiger partial charge on any atom is -0.483 e. The number of halogens is 3. The number of nitrogens with one attached hydrogen (secondary N) is 1. The Bertz CT molecular complexity index is 774. The van der Waals surface area contributed by atoms with Gasteiger partial charge in [0.25, 0.3) is 5.91 Å². The van der Waals surface area contributed by atoms with Crippen molar-refractivity contribution in [1.82, 2.24) is 5.43 Å². The second-order valence-corrected chi connectivity index (χ2v) is 7.23. The van der Waals surface area contributed by atoms with Crippen LogP contribution in [0.5, 0.6) is 5.75 Å². The van der Waals surface area contributed by atoms with Gasteiger partial charge in [-0.05, 0) is 51.7 Å². The van der Waals surface area contributed by atoms with Gasteiger partial charge in [0, 0.05) is 5.56 Å². The molecule has 0 spiro atoms. The lowest BCUT2D eigenvalue weighted by molar-refractivity contribution is -0.123. The molecule has 7 heteroatoms. The first-order valence-electron chi connectivity index (χ1n) is 7.56. The van der Waals surface area contributed by atoms with Gasteiger partial charge in [0.1, 0.15) is 5.75 Å². The average molecular weight is 444 g/mol. The highest BCUT2D eigenvalue weighted by atomic mass is 79.9. The molecule has 0 fully saturated rings. The fourth-order valence-electron chi connectivity index (χ4n) is 1.97. The van der Waals surface area contributed by atoms with Crippen LogP contribution in [0, 0.1) is 0 Å². The summed E-state index contributed by atoms with van der Waals surface area (Å²) < 4.78 is 6.30. The van der Waals surface area contributed by atoms with Crippen LogP contribution in [-0.2, 0) is 4.79 Å². The van der Waals surface area contributed by atoms with Crippen LogP contribution in [-0.4, -0.2) is 18.7 Å². The van der Waals surface area contributed by atoms with Gasteiger partial charge < -0.3 is 4.74 Å². The minimum absolute atomic E-state index is 0.160. The lowest BCUT2D eigenvalue weighted by atomic mass is 10.0. The molecule has 0 unspecified atom stereocenters. The maximum Gasteiger partial charge on any atom is 0.277 e. The van der Waals surface area contributed by atoms with Gasteiger partial charge in [-0.3, -0.25) is 4.79 Å². The second kappa shape index (κ2) is 9.22. The molecule has 0 atom stereocenters. The average Bonchev–Trinajstić information content (AvgIpc) is 2.56. The van der Waals surface area contributed by atoms with E-state index in [2.05, 4.69) is 40.3 Å². The lowest BCUT2D eigenvalue weighted by Crippen LogP contribution is -2.24. The Kier molecular flexibility index (Phi) is 7.29. The van der Waals surface area contributed by atoms with E-state index in [1.165, 1.54) is 11.8 Å². The molecule has 0 radical (unpaired) electrons. The summed E-state index contributed by atoms with van der Waals surface area (Å²) in [4.78, 5) is 11.8. The van der Waals surface area contributed by atoms with E-state index in [9.17, 15) is 4.79 Å². The monoisotopic (exact) mass is 442 g/mol. The van der Waals surface area contributed by atoms with Gasteiger partial charge in [-0.1, -0.05) is 49.2 Å². The van der Waals surface area contributed by atoms with Crippen molar-refractivity contribution in [2.75, 3.05) is 6.61 Å². The zero-order valence-electron chi connectivity index (χ0n) is 13.7. The molecule has 0 bridgehead atoms. The molecule has 0 aliphatic heterocycles. The van der Waals surface area contributed by atoms with Crippen LogP contribution in [0.3, 0.4) is 0 Å². The predicted molar refractivity (Wildman–Crippen MR) is 106 cm³/mol. The van der Waals surface area contributed by atoms with Crippen LogP contribution in [0.4, 0.5) is 0 Å². The molecule has 0 saturated heterocycles. The van der Waals surface area contributed by atoms with Crippen molar-refractivity contribution >= 4 is 51.3 Å². The normalized spacial score (nSPS) is 11.1. The van der Waals surface area contributed by atoms with Crippen LogP contribution >= 0.6 is 39.1 Å². The van der Waals surface area contributed by atoms with Crippen LogP contribution < -0.4 is 10.2 Å². The standard InChI is InChI=1S/C18H17BrCl2N2O2/c1-11(2)12-6-7-17(14(19)8-12)25-10-18(24)23-22-9-13-15(20)4-3-5-16(13)21/h3-9,11H,10H2,1-2H3,(H,23,24)/b22-9+.